The van der Waals surface area contributed by atoms with Crippen molar-refractivity contribution in [1.82, 2.24) is 10.4 Å². The Morgan fingerprint density at radius 3 is 2.50 bits per heavy atom. The van der Waals surface area contributed by atoms with Gasteiger partial charge in [0.2, 0.25) is 5.91 Å². The molecule has 1 amide bonds. The van der Waals surface area contributed by atoms with Crippen LogP contribution >= 0.6 is 18.1 Å². The maximum absolute atomic E-state index is 12.0. The van der Waals surface area contributed by atoms with Gasteiger partial charge in [-0.05, 0) is 24.7 Å². The summed E-state index contributed by atoms with van der Waals surface area (Å²) in [5, 5.41) is 4.92. The van der Waals surface area contributed by atoms with Crippen molar-refractivity contribution in [3.05, 3.63) is 42.5 Å². The lowest BCUT2D eigenvalue weighted by Gasteiger charge is -2.17. The average Bonchev–Trinajstić information content (AvgIpc) is 2.53. The van der Waals surface area contributed by atoms with Crippen LogP contribution in [-0.2, 0) is 25.3 Å². The van der Waals surface area contributed by atoms with Crippen molar-refractivity contribution in [2.45, 2.75) is 19.4 Å². The highest BCUT2D eigenvalue weighted by Gasteiger charge is 2.22. The van der Waals surface area contributed by atoms with Crippen molar-refractivity contribution < 1.29 is 23.4 Å². The highest BCUT2D eigenvalue weighted by atomic mass is 35.7. The molecule has 1 aromatic rings. The summed E-state index contributed by atoms with van der Waals surface area (Å²) < 4.78 is 21.7. The highest BCUT2D eigenvalue weighted by Crippen LogP contribution is 2.47. The van der Waals surface area contributed by atoms with Crippen LogP contribution in [0.25, 0.3) is 0 Å². The number of nitrogens with one attached hydrogen (secondary N) is 2. The summed E-state index contributed by atoms with van der Waals surface area (Å²) >= 11 is 5.63. The third-order valence-electron chi connectivity index (χ3n) is 2.86. The summed E-state index contributed by atoms with van der Waals surface area (Å²) in [6, 6.07) is 5.68. The first-order valence-corrected chi connectivity index (χ1v) is 9.62. The average molecular weight is 375 g/mol. The molecule has 0 saturated carbocycles. The minimum absolute atomic E-state index is 0.0662. The van der Waals surface area contributed by atoms with Crippen LogP contribution in [0.15, 0.2) is 36.9 Å². The fourth-order valence-corrected chi connectivity index (χ4v) is 2.51. The van der Waals surface area contributed by atoms with Crippen molar-refractivity contribution in [1.29, 1.82) is 0 Å². The predicted molar refractivity (Wildman–Crippen MR) is 92.1 cm³/mol. The van der Waals surface area contributed by atoms with Crippen LogP contribution in [-0.4, -0.2) is 31.6 Å². The van der Waals surface area contributed by atoms with Crippen molar-refractivity contribution in [2.75, 3.05) is 13.7 Å². The Kier molecular flexibility index (Phi) is 7.98. The van der Waals surface area contributed by atoms with Crippen molar-refractivity contribution in [2.24, 2.45) is 0 Å². The molecule has 0 aliphatic carbocycles. The van der Waals surface area contributed by atoms with Crippen LogP contribution in [0, 0.1) is 0 Å². The number of carbonyl (C=O) groups is 2. The molecule has 132 valence electrons. The zero-order valence-corrected chi connectivity index (χ0v) is 15.1. The van der Waals surface area contributed by atoms with E-state index in [0.717, 1.165) is 5.56 Å². The second-order valence-corrected chi connectivity index (χ2v) is 7.74. The number of hydrogen-bond donors (Lipinski definition) is 2. The van der Waals surface area contributed by atoms with Gasteiger partial charge in [-0.15, -0.1) is 0 Å². The topological polar surface area (TPSA) is 93.7 Å². The number of esters is 1. The van der Waals surface area contributed by atoms with E-state index in [4.69, 9.17) is 20.5 Å². The summed E-state index contributed by atoms with van der Waals surface area (Å²) in [4.78, 5) is 23.2. The van der Waals surface area contributed by atoms with Crippen LogP contribution in [0.4, 0.5) is 0 Å². The van der Waals surface area contributed by atoms with Gasteiger partial charge in [0.1, 0.15) is 18.4 Å². The van der Waals surface area contributed by atoms with E-state index in [-0.39, 0.29) is 18.9 Å². The fourth-order valence-electron chi connectivity index (χ4n) is 1.78. The first-order valence-electron chi connectivity index (χ1n) is 7.09. The summed E-state index contributed by atoms with van der Waals surface area (Å²) in [5.74, 6) is -0.574. The zero-order valence-electron chi connectivity index (χ0n) is 13.5. The van der Waals surface area contributed by atoms with Crippen molar-refractivity contribution in [3.8, 4) is 5.75 Å². The Balaban J connectivity index is 2.79. The van der Waals surface area contributed by atoms with E-state index in [2.05, 4.69) is 17.0 Å². The molecule has 2 atom stereocenters. The molecule has 0 aromatic heterocycles. The zero-order chi connectivity index (χ0) is 18.2. The minimum Gasteiger partial charge on any atom is -0.460 e. The van der Waals surface area contributed by atoms with Gasteiger partial charge in [0.25, 0.3) is 0 Å². The lowest BCUT2D eigenvalue weighted by Crippen LogP contribution is -2.42. The van der Waals surface area contributed by atoms with E-state index >= 15 is 0 Å². The summed E-state index contributed by atoms with van der Waals surface area (Å²) in [6.45, 7) is 1.45. The van der Waals surface area contributed by atoms with Crippen LogP contribution in [0.1, 0.15) is 12.5 Å². The minimum atomic E-state index is -3.40. The number of halogens is 1. The quantitative estimate of drug-likeness (QED) is 0.391. The van der Waals surface area contributed by atoms with Crippen molar-refractivity contribution >= 4 is 30.0 Å². The molecule has 0 aliphatic heterocycles. The molecule has 2 unspecified atom stereocenters. The van der Waals surface area contributed by atoms with Gasteiger partial charge in [0.05, 0.1) is 0 Å². The largest absolute Gasteiger partial charge is 0.460 e. The Morgan fingerprint density at radius 1 is 1.38 bits per heavy atom. The number of hydrogen-bond acceptors (Lipinski definition) is 5. The predicted octanol–water partition coefficient (Wildman–Crippen LogP) is 2.41. The Labute approximate surface area is 145 Å². The smallest absolute Gasteiger partial charge is 0.408 e. The molecule has 0 heterocycles. The van der Waals surface area contributed by atoms with Gasteiger partial charge in [-0.2, -0.15) is 0 Å². The molecule has 0 aliphatic rings. The molecule has 0 saturated heterocycles. The monoisotopic (exact) mass is 374 g/mol. The Bertz CT molecular complexity index is 635. The second-order valence-electron chi connectivity index (χ2n) is 4.81. The molecule has 0 spiro atoms. The van der Waals surface area contributed by atoms with E-state index in [0.29, 0.717) is 5.75 Å². The van der Waals surface area contributed by atoms with Gasteiger partial charge in [0, 0.05) is 24.6 Å². The third-order valence-corrected chi connectivity index (χ3v) is 4.55. The lowest BCUT2D eigenvalue weighted by molar-refractivity contribution is -0.146. The van der Waals surface area contributed by atoms with Gasteiger partial charge in [-0.25, -0.2) is 14.4 Å². The van der Waals surface area contributed by atoms with E-state index in [9.17, 15) is 14.2 Å². The molecule has 9 heteroatoms. The van der Waals surface area contributed by atoms with Crippen molar-refractivity contribution in [3.63, 3.8) is 0 Å². The highest BCUT2D eigenvalue weighted by molar-refractivity contribution is 7.84. The van der Waals surface area contributed by atoms with E-state index < -0.39 is 18.9 Å². The maximum Gasteiger partial charge on any atom is 0.408 e. The molecule has 0 bridgehead atoms. The molecule has 0 radical (unpaired) electrons. The van der Waals surface area contributed by atoms with Gasteiger partial charge in [-0.1, -0.05) is 24.8 Å². The standard InChI is InChI=1S/C15H20ClN2O5P/c1-4-9-22-15(20)14(18-11(2)19)10-12-5-7-13(8-6-12)23-24(16,21)17-3/h4-8,14H,1,9-10H2,2-3H3,(H,17,21)(H,18,19). The Hall–Kier alpha value is -1.82. The Morgan fingerprint density at radius 2 is 2.00 bits per heavy atom. The first-order chi connectivity index (χ1) is 11.3. The van der Waals surface area contributed by atoms with Crippen LogP contribution in [0.3, 0.4) is 0 Å². The number of amides is 1. The van der Waals surface area contributed by atoms with Crippen LogP contribution in [0.2, 0.25) is 0 Å². The normalized spacial score (nSPS) is 14.1. The van der Waals surface area contributed by atoms with Gasteiger partial charge >= 0.3 is 12.8 Å². The molecule has 0 fully saturated rings. The van der Waals surface area contributed by atoms with Crippen LogP contribution < -0.4 is 14.9 Å². The lowest BCUT2D eigenvalue weighted by atomic mass is 10.1. The van der Waals surface area contributed by atoms with E-state index in [1.54, 1.807) is 24.3 Å². The molecule has 2 N–H and O–H groups in total. The summed E-state index contributed by atoms with van der Waals surface area (Å²) in [7, 11) is 1.43. The number of ether oxygens (including phenoxy) is 1. The molecule has 1 aromatic carbocycles. The summed E-state index contributed by atoms with van der Waals surface area (Å²) in [5.41, 5.74) is 0.755. The third kappa shape index (κ3) is 7.17. The molecule has 7 nitrogen and oxygen atoms in total. The maximum atomic E-state index is 12.0. The SMILES string of the molecule is C=CCOC(=O)C(Cc1ccc(OP(=O)(Cl)NC)cc1)NC(C)=O. The van der Waals surface area contributed by atoms with Gasteiger partial charge in [0.15, 0.2) is 0 Å². The van der Waals surface area contributed by atoms with Gasteiger partial charge in [-0.3, -0.25) is 4.79 Å². The number of carbonyl (C=O) groups excluding carboxylic acids is 2. The van der Waals surface area contributed by atoms with E-state index in [1.807, 2.05) is 0 Å². The molecule has 24 heavy (non-hydrogen) atoms. The second kappa shape index (κ2) is 9.47. The first kappa shape index (κ1) is 20.2. The van der Waals surface area contributed by atoms with Crippen LogP contribution in [0.5, 0.6) is 5.75 Å². The number of rotatable bonds is 9. The van der Waals surface area contributed by atoms with E-state index in [1.165, 1.54) is 20.0 Å². The number of benzene rings is 1. The summed E-state index contributed by atoms with van der Waals surface area (Å²) in [6.07, 6.45) is 1.68. The fraction of sp³-hybridized carbons (Fsp3) is 0.333. The molecular weight excluding hydrogens is 355 g/mol. The molecule has 1 rings (SSSR count). The van der Waals surface area contributed by atoms with Gasteiger partial charge < -0.3 is 14.6 Å². The molecular formula is C15H20ClN2O5P.